The molecule has 0 aliphatic rings. The van der Waals surface area contributed by atoms with E-state index < -0.39 is 5.63 Å². The van der Waals surface area contributed by atoms with Crippen molar-refractivity contribution in [2.75, 3.05) is 6.61 Å². The second-order valence-electron chi connectivity index (χ2n) is 3.72. The third-order valence-corrected chi connectivity index (χ3v) is 2.58. The molecular formula is C13H10N2O3. The number of aromatic nitrogens is 2. The van der Waals surface area contributed by atoms with Gasteiger partial charge in [-0.25, -0.2) is 14.8 Å². The van der Waals surface area contributed by atoms with Crippen LogP contribution < -0.4 is 10.4 Å². The molecule has 0 fully saturated rings. The van der Waals surface area contributed by atoms with Gasteiger partial charge in [-0.15, -0.1) is 0 Å². The molecule has 0 unspecified atom stereocenters. The fourth-order valence-corrected chi connectivity index (χ4v) is 1.83. The van der Waals surface area contributed by atoms with E-state index in [1.54, 1.807) is 12.1 Å². The number of rotatable bonds is 2. The van der Waals surface area contributed by atoms with Crippen molar-refractivity contribution in [3.05, 3.63) is 40.9 Å². The van der Waals surface area contributed by atoms with Gasteiger partial charge < -0.3 is 9.15 Å². The minimum atomic E-state index is -0.502. The van der Waals surface area contributed by atoms with Gasteiger partial charge in [0.1, 0.15) is 11.1 Å². The van der Waals surface area contributed by atoms with Crippen LogP contribution in [-0.4, -0.2) is 16.6 Å². The maximum Gasteiger partial charge on any atom is 0.364 e. The largest absolute Gasteiger partial charge is 0.477 e. The lowest BCUT2D eigenvalue weighted by molar-refractivity contribution is 0.326. The second kappa shape index (κ2) is 4.10. The van der Waals surface area contributed by atoms with Gasteiger partial charge >= 0.3 is 5.63 Å². The summed E-state index contributed by atoms with van der Waals surface area (Å²) in [5.41, 5.74) is 0.733. The van der Waals surface area contributed by atoms with Crippen molar-refractivity contribution in [2.45, 2.75) is 6.92 Å². The summed E-state index contributed by atoms with van der Waals surface area (Å²) in [5.74, 6) is 0.326. The van der Waals surface area contributed by atoms with Gasteiger partial charge in [-0.1, -0.05) is 12.1 Å². The molecule has 3 aromatic rings. The number of ether oxygens (including phenoxy) is 1. The molecule has 0 saturated carbocycles. The predicted octanol–water partition coefficient (Wildman–Crippen LogP) is 2.13. The molecule has 0 aliphatic heterocycles. The van der Waals surface area contributed by atoms with Crippen molar-refractivity contribution >= 4 is 22.0 Å². The van der Waals surface area contributed by atoms with Gasteiger partial charge in [-0.05, 0) is 19.1 Å². The highest BCUT2D eigenvalue weighted by molar-refractivity contribution is 5.99. The molecule has 0 radical (unpaired) electrons. The normalized spacial score (nSPS) is 10.9. The van der Waals surface area contributed by atoms with Crippen molar-refractivity contribution in [1.82, 2.24) is 9.97 Å². The number of benzene rings is 1. The number of para-hydroxylation sites is 1. The third kappa shape index (κ3) is 1.60. The van der Waals surface area contributed by atoms with Crippen molar-refractivity contribution in [3.63, 3.8) is 0 Å². The van der Waals surface area contributed by atoms with Gasteiger partial charge in [-0.2, -0.15) is 0 Å². The molecule has 0 N–H and O–H groups in total. The summed E-state index contributed by atoms with van der Waals surface area (Å²) in [6.45, 7) is 2.31. The molecule has 90 valence electrons. The van der Waals surface area contributed by atoms with E-state index in [0.29, 0.717) is 23.6 Å². The lowest BCUT2D eigenvalue weighted by Crippen LogP contribution is -2.05. The smallest absolute Gasteiger partial charge is 0.364 e. The summed E-state index contributed by atoms with van der Waals surface area (Å²) >= 11 is 0. The van der Waals surface area contributed by atoms with Crippen LogP contribution >= 0.6 is 0 Å². The Kier molecular flexibility index (Phi) is 2.44. The Bertz CT molecular complexity index is 780. The molecule has 18 heavy (non-hydrogen) atoms. The summed E-state index contributed by atoms with van der Waals surface area (Å²) in [6, 6.07) is 7.24. The fourth-order valence-electron chi connectivity index (χ4n) is 1.83. The van der Waals surface area contributed by atoms with Gasteiger partial charge in [-0.3, -0.25) is 0 Å². The Labute approximate surface area is 102 Å². The van der Waals surface area contributed by atoms with Gasteiger partial charge in [0.05, 0.1) is 12.8 Å². The number of hydrogen-bond donors (Lipinski definition) is 0. The lowest BCUT2D eigenvalue weighted by atomic mass is 10.2. The first kappa shape index (κ1) is 10.7. The van der Waals surface area contributed by atoms with Crippen LogP contribution in [0.1, 0.15) is 6.92 Å². The van der Waals surface area contributed by atoms with Crippen molar-refractivity contribution in [3.8, 4) is 5.88 Å². The van der Waals surface area contributed by atoms with E-state index >= 15 is 0 Å². The van der Waals surface area contributed by atoms with Crippen molar-refractivity contribution in [2.24, 2.45) is 0 Å². The molecule has 0 saturated heterocycles. The molecule has 0 amide bonds. The summed E-state index contributed by atoms with van der Waals surface area (Å²) < 4.78 is 10.4. The molecular weight excluding hydrogens is 232 g/mol. The molecule has 0 bridgehead atoms. The molecule has 2 heterocycles. The minimum Gasteiger partial charge on any atom is -0.477 e. The Morgan fingerprint density at radius 2 is 2.11 bits per heavy atom. The van der Waals surface area contributed by atoms with Crippen LogP contribution in [0.3, 0.4) is 0 Å². The highest BCUT2D eigenvalue weighted by atomic mass is 16.5. The first-order valence-electron chi connectivity index (χ1n) is 5.61. The van der Waals surface area contributed by atoms with E-state index in [4.69, 9.17) is 9.15 Å². The Hall–Kier alpha value is -2.43. The quantitative estimate of drug-likeness (QED) is 0.508. The summed E-state index contributed by atoms with van der Waals surface area (Å²) in [4.78, 5) is 20.2. The van der Waals surface area contributed by atoms with Crippen LogP contribution in [0.2, 0.25) is 0 Å². The Morgan fingerprint density at radius 3 is 2.94 bits per heavy atom. The average Bonchev–Trinajstić information content (AvgIpc) is 2.40. The Morgan fingerprint density at radius 1 is 1.28 bits per heavy atom. The molecule has 0 atom stereocenters. The zero-order valence-corrected chi connectivity index (χ0v) is 9.71. The van der Waals surface area contributed by atoms with Crippen LogP contribution in [0.15, 0.2) is 39.7 Å². The van der Waals surface area contributed by atoms with Gasteiger partial charge in [0, 0.05) is 5.39 Å². The number of nitrogens with zero attached hydrogens (tertiary/aromatic N) is 2. The standard InChI is InChI=1S/C13H10N2O3/c1-2-17-10-7-14-11-8-5-3-4-6-9(8)18-13(16)12(11)15-10/h3-7H,2H2,1H3. The van der Waals surface area contributed by atoms with Crippen LogP contribution in [0.25, 0.3) is 22.0 Å². The van der Waals surface area contributed by atoms with E-state index in [1.165, 1.54) is 6.20 Å². The topological polar surface area (TPSA) is 65.2 Å². The van der Waals surface area contributed by atoms with E-state index in [1.807, 2.05) is 19.1 Å². The fraction of sp³-hybridized carbons (Fsp3) is 0.154. The molecule has 5 nitrogen and oxygen atoms in total. The first-order valence-corrected chi connectivity index (χ1v) is 5.61. The van der Waals surface area contributed by atoms with Crippen molar-refractivity contribution < 1.29 is 9.15 Å². The molecule has 2 aromatic heterocycles. The third-order valence-electron chi connectivity index (χ3n) is 2.58. The van der Waals surface area contributed by atoms with Crippen LogP contribution in [0, 0.1) is 0 Å². The zero-order chi connectivity index (χ0) is 12.5. The maximum atomic E-state index is 11.8. The number of hydrogen-bond acceptors (Lipinski definition) is 5. The lowest BCUT2D eigenvalue weighted by Gasteiger charge is -2.03. The van der Waals surface area contributed by atoms with Gasteiger partial charge in [0.2, 0.25) is 5.88 Å². The van der Waals surface area contributed by atoms with Crippen LogP contribution in [-0.2, 0) is 0 Å². The highest BCUT2D eigenvalue weighted by Crippen LogP contribution is 2.20. The van der Waals surface area contributed by atoms with Crippen molar-refractivity contribution in [1.29, 1.82) is 0 Å². The van der Waals surface area contributed by atoms with Crippen LogP contribution in [0.4, 0.5) is 0 Å². The molecule has 3 rings (SSSR count). The monoisotopic (exact) mass is 242 g/mol. The zero-order valence-electron chi connectivity index (χ0n) is 9.71. The van der Waals surface area contributed by atoms with E-state index in [-0.39, 0.29) is 5.52 Å². The minimum absolute atomic E-state index is 0.194. The van der Waals surface area contributed by atoms with Crippen LogP contribution in [0.5, 0.6) is 5.88 Å². The Balaban J connectivity index is 2.40. The SMILES string of the molecule is CCOc1cnc2c(n1)c(=O)oc1ccccc12. The first-order chi connectivity index (χ1) is 8.79. The maximum absolute atomic E-state index is 11.8. The van der Waals surface area contributed by atoms with E-state index in [0.717, 1.165) is 5.39 Å². The van der Waals surface area contributed by atoms with E-state index in [2.05, 4.69) is 9.97 Å². The highest BCUT2D eigenvalue weighted by Gasteiger charge is 2.10. The molecule has 0 spiro atoms. The van der Waals surface area contributed by atoms with Gasteiger partial charge in [0.25, 0.3) is 0 Å². The molecule has 5 heteroatoms. The van der Waals surface area contributed by atoms with E-state index in [9.17, 15) is 4.79 Å². The summed E-state index contributed by atoms with van der Waals surface area (Å²) in [6.07, 6.45) is 1.51. The predicted molar refractivity (Wildman–Crippen MR) is 66.7 cm³/mol. The molecule has 1 aromatic carbocycles. The van der Waals surface area contributed by atoms with Gasteiger partial charge in [0.15, 0.2) is 5.52 Å². The molecule has 0 aliphatic carbocycles. The number of fused-ring (bicyclic) bond motifs is 3. The summed E-state index contributed by atoms with van der Waals surface area (Å²) in [5, 5.41) is 0.766. The summed E-state index contributed by atoms with van der Waals surface area (Å²) in [7, 11) is 0. The average molecular weight is 242 g/mol. The second-order valence-corrected chi connectivity index (χ2v) is 3.72.